The summed E-state index contributed by atoms with van der Waals surface area (Å²) in [7, 11) is 1.51. The maximum atomic E-state index is 15.5. The Morgan fingerprint density at radius 2 is 1.10 bits per heavy atom. The highest BCUT2D eigenvalue weighted by Gasteiger charge is 2.45. The van der Waals surface area contributed by atoms with Gasteiger partial charge in [-0.15, -0.1) is 4.90 Å². The van der Waals surface area contributed by atoms with E-state index in [9.17, 15) is 14.7 Å². The lowest BCUT2D eigenvalue weighted by Gasteiger charge is -2.40. The third kappa shape index (κ3) is 11.3. The van der Waals surface area contributed by atoms with Gasteiger partial charge in [-0.3, -0.25) is 14.6 Å². The number of guanidine groups is 1. The summed E-state index contributed by atoms with van der Waals surface area (Å²) >= 11 is 0. The normalized spacial score (nSPS) is 11.8. The molecule has 0 saturated carbocycles. The van der Waals surface area contributed by atoms with Gasteiger partial charge in [0, 0.05) is 6.54 Å². The highest BCUT2D eigenvalue weighted by molar-refractivity contribution is 6.09. The van der Waals surface area contributed by atoms with E-state index >= 15 is 9.59 Å². The molecule has 13 nitrogen and oxygen atoms in total. The number of benzene rings is 5. The molecule has 4 amide bonds. The van der Waals surface area contributed by atoms with Gasteiger partial charge >= 0.3 is 12.2 Å². The van der Waals surface area contributed by atoms with Crippen LogP contribution in [0.4, 0.5) is 9.59 Å². The van der Waals surface area contributed by atoms with Crippen molar-refractivity contribution >= 4 is 30.0 Å². The van der Waals surface area contributed by atoms with Crippen LogP contribution in [0.5, 0.6) is 5.75 Å². The first-order valence-electron chi connectivity index (χ1n) is 18.7. The van der Waals surface area contributed by atoms with Crippen molar-refractivity contribution in [3.63, 3.8) is 0 Å². The summed E-state index contributed by atoms with van der Waals surface area (Å²) in [6.07, 6.45) is -2.67. The largest absolute Gasteiger partial charge is 0.497 e. The Hall–Kier alpha value is -6.99. The maximum absolute atomic E-state index is 15.5. The van der Waals surface area contributed by atoms with E-state index in [1.54, 1.807) is 133 Å². The zero-order valence-electron chi connectivity index (χ0n) is 32.1. The monoisotopic (exact) mass is 785 g/mol. The summed E-state index contributed by atoms with van der Waals surface area (Å²) in [5, 5.41) is 11.2. The predicted molar refractivity (Wildman–Crippen MR) is 218 cm³/mol. The molecule has 0 saturated heterocycles. The van der Waals surface area contributed by atoms with Gasteiger partial charge in [-0.2, -0.15) is 0 Å². The molecule has 1 unspecified atom stereocenters. The number of aliphatic imine (C=N–C) groups is 1. The minimum atomic E-state index is -1.58. The molecule has 300 valence electrons. The van der Waals surface area contributed by atoms with Crippen LogP contribution in [0.2, 0.25) is 0 Å². The van der Waals surface area contributed by atoms with Crippen molar-refractivity contribution < 1.29 is 38.5 Å². The van der Waals surface area contributed by atoms with Gasteiger partial charge in [-0.1, -0.05) is 133 Å². The molecule has 0 aliphatic carbocycles. The van der Waals surface area contributed by atoms with Crippen LogP contribution in [0.15, 0.2) is 151 Å². The van der Waals surface area contributed by atoms with Gasteiger partial charge in [0.05, 0.1) is 25.7 Å². The molecule has 13 heteroatoms. The quantitative estimate of drug-likeness (QED) is 0.0548. The van der Waals surface area contributed by atoms with E-state index in [2.05, 4.69) is 4.99 Å². The van der Waals surface area contributed by atoms with Crippen LogP contribution in [0, 0.1) is 0 Å². The van der Waals surface area contributed by atoms with Crippen LogP contribution in [0.3, 0.4) is 0 Å². The lowest BCUT2D eigenvalue weighted by molar-refractivity contribution is -0.148. The Balaban J connectivity index is 1.66. The number of nitrogens with zero attached hydrogens (tertiary/aromatic N) is 3. The first-order valence-corrected chi connectivity index (χ1v) is 18.7. The first-order chi connectivity index (χ1) is 28.2. The number of aliphatic hydroxyl groups excluding tert-OH is 1. The molecule has 0 aromatic heterocycles. The number of aliphatic hydroxyl groups is 1. The fourth-order valence-corrected chi connectivity index (χ4v) is 6.47. The molecule has 0 radical (unpaired) electrons. The molecular formula is C45H47N5O8. The van der Waals surface area contributed by atoms with E-state index in [0.29, 0.717) is 33.6 Å². The summed E-state index contributed by atoms with van der Waals surface area (Å²) in [4.78, 5) is 64.4. The van der Waals surface area contributed by atoms with Crippen molar-refractivity contribution in [1.82, 2.24) is 9.80 Å². The molecule has 5 aromatic rings. The molecular weight excluding hydrogens is 739 g/mol. The van der Waals surface area contributed by atoms with E-state index in [-0.39, 0.29) is 43.5 Å². The van der Waals surface area contributed by atoms with Crippen molar-refractivity contribution in [2.45, 2.75) is 44.1 Å². The van der Waals surface area contributed by atoms with E-state index < -0.39 is 48.6 Å². The Kier molecular flexibility index (Phi) is 15.5. The van der Waals surface area contributed by atoms with Crippen LogP contribution in [-0.4, -0.2) is 71.2 Å². The smallest absolute Gasteiger partial charge is 0.426 e. The van der Waals surface area contributed by atoms with Crippen LogP contribution < -0.4 is 16.2 Å². The Labute approximate surface area is 337 Å². The van der Waals surface area contributed by atoms with Crippen molar-refractivity contribution in [2.75, 3.05) is 20.3 Å². The number of hydrogen-bond acceptors (Lipinski definition) is 9. The molecule has 0 heterocycles. The highest BCUT2D eigenvalue weighted by atomic mass is 16.6. The van der Waals surface area contributed by atoms with Crippen LogP contribution in [-0.2, 0) is 32.3 Å². The van der Waals surface area contributed by atoms with Crippen LogP contribution in [0.1, 0.15) is 52.6 Å². The van der Waals surface area contributed by atoms with Crippen molar-refractivity contribution in [3.8, 4) is 5.75 Å². The van der Waals surface area contributed by atoms with Gasteiger partial charge in [-0.25, -0.2) is 9.59 Å². The average molecular weight is 786 g/mol. The van der Waals surface area contributed by atoms with E-state index in [0.717, 1.165) is 0 Å². The third-order valence-electron chi connectivity index (χ3n) is 9.32. The summed E-state index contributed by atoms with van der Waals surface area (Å²) in [5.41, 5.74) is 14.1. The van der Waals surface area contributed by atoms with Crippen molar-refractivity contribution in [3.05, 3.63) is 173 Å². The molecule has 5 aromatic carbocycles. The van der Waals surface area contributed by atoms with E-state index in [1.807, 2.05) is 12.1 Å². The average Bonchev–Trinajstić information content (AvgIpc) is 3.26. The second kappa shape index (κ2) is 21.3. The molecule has 0 spiro atoms. The van der Waals surface area contributed by atoms with E-state index in [1.165, 1.54) is 12.0 Å². The standard InChI is InChI=1S/C45H47N5O8/c1-56-37-26-24-34(25-27-37)39(29-51)49(42(53)40(35-19-10-4-11-20-35)36-21-12-5-13-22-36)38(23-14-28-48-43(46)47)41(52)50(44(54)57-30-32-15-6-2-7-16-32)45(55)58-31-33-17-8-3-9-18-33/h2-13,15-22,24-27,38-40,51H,14,23,28-31H2,1H3,(H4,46,47,48)/t38-,39?/m1/s1. The van der Waals surface area contributed by atoms with Crippen molar-refractivity contribution in [2.24, 2.45) is 16.5 Å². The Morgan fingerprint density at radius 1 is 0.638 bits per heavy atom. The Morgan fingerprint density at radius 3 is 1.53 bits per heavy atom. The first kappa shape index (κ1) is 42.2. The minimum absolute atomic E-state index is 0.0399. The number of carbonyl (C=O) groups excluding carboxylic acids is 4. The number of carbonyl (C=O) groups is 4. The van der Waals surface area contributed by atoms with Crippen molar-refractivity contribution in [1.29, 1.82) is 0 Å². The molecule has 0 bridgehead atoms. The number of nitrogens with two attached hydrogens (primary N) is 2. The number of amides is 4. The summed E-state index contributed by atoms with van der Waals surface area (Å²) in [6.45, 7) is -1.16. The van der Waals surface area contributed by atoms with Gasteiger partial charge in [0.25, 0.3) is 5.91 Å². The fraction of sp³-hybridized carbons (Fsp3) is 0.222. The predicted octanol–water partition coefficient (Wildman–Crippen LogP) is 6.31. The van der Waals surface area contributed by atoms with Crippen LogP contribution >= 0.6 is 0 Å². The van der Waals surface area contributed by atoms with Gasteiger partial charge in [0.2, 0.25) is 5.91 Å². The van der Waals surface area contributed by atoms with Gasteiger partial charge in [-0.05, 0) is 52.8 Å². The summed E-state index contributed by atoms with van der Waals surface area (Å²) in [5.74, 6) is -2.39. The number of rotatable bonds is 17. The van der Waals surface area contributed by atoms with Gasteiger partial charge in [0.1, 0.15) is 25.0 Å². The minimum Gasteiger partial charge on any atom is -0.497 e. The molecule has 0 aliphatic rings. The molecule has 5 rings (SSSR count). The molecule has 2 atom stereocenters. The second-order valence-electron chi connectivity index (χ2n) is 13.2. The van der Waals surface area contributed by atoms with E-state index in [4.69, 9.17) is 25.7 Å². The SMILES string of the molecule is COc1ccc(C(CO)N(C(=O)C(c2ccccc2)c2ccccc2)[C@H](CCCN=C(N)N)C(=O)N(C(=O)OCc2ccccc2)C(=O)OCc2ccccc2)cc1. The molecule has 0 aliphatic heterocycles. The maximum Gasteiger partial charge on any atom is 0.426 e. The molecule has 5 N–H and O–H groups in total. The molecule has 58 heavy (non-hydrogen) atoms. The summed E-state index contributed by atoms with van der Waals surface area (Å²) in [6, 6.07) is 39.3. The zero-order valence-corrected chi connectivity index (χ0v) is 32.1. The number of ether oxygens (including phenoxy) is 3. The number of hydrogen-bond donors (Lipinski definition) is 3. The van der Waals surface area contributed by atoms with Crippen LogP contribution in [0.25, 0.3) is 0 Å². The zero-order chi connectivity index (χ0) is 41.3. The van der Waals surface area contributed by atoms with Gasteiger partial charge < -0.3 is 35.7 Å². The van der Waals surface area contributed by atoms with Gasteiger partial charge in [0.15, 0.2) is 5.96 Å². The number of imide groups is 3. The lowest BCUT2D eigenvalue weighted by Crippen LogP contribution is -2.56. The Bertz CT molecular complexity index is 2000. The lowest BCUT2D eigenvalue weighted by atomic mass is 9.88. The second-order valence-corrected chi connectivity index (χ2v) is 13.2. The highest BCUT2D eigenvalue weighted by Crippen LogP contribution is 2.35. The fourth-order valence-electron chi connectivity index (χ4n) is 6.47. The third-order valence-corrected chi connectivity index (χ3v) is 9.32. The topological polar surface area (TPSA) is 187 Å². The number of methoxy groups -OCH3 is 1. The summed E-state index contributed by atoms with van der Waals surface area (Å²) < 4.78 is 16.5. The molecule has 0 fully saturated rings.